The lowest BCUT2D eigenvalue weighted by molar-refractivity contribution is -0.145. The first-order valence-electron chi connectivity index (χ1n) is 8.37. The number of esters is 1. The van der Waals surface area contributed by atoms with E-state index in [1.54, 1.807) is 19.1 Å². The third-order valence-electron chi connectivity index (χ3n) is 4.52. The highest BCUT2D eigenvalue weighted by Crippen LogP contribution is 2.38. The van der Waals surface area contributed by atoms with Crippen molar-refractivity contribution in [3.63, 3.8) is 0 Å². The van der Waals surface area contributed by atoms with Gasteiger partial charge in [0, 0.05) is 22.2 Å². The number of ether oxygens (including phenoxy) is 2. The number of halogens is 1. The van der Waals surface area contributed by atoms with Gasteiger partial charge in [0.2, 0.25) is 0 Å². The summed E-state index contributed by atoms with van der Waals surface area (Å²) in [5.41, 5.74) is 5.39. The Hall–Kier alpha value is -2.82. The fourth-order valence-corrected chi connectivity index (χ4v) is 3.42. The molecule has 0 radical (unpaired) electrons. The Kier molecular flexibility index (Phi) is 3.92. The fraction of sp³-hybridized carbons (Fsp3) is 0.250. The van der Waals surface area contributed by atoms with Crippen molar-refractivity contribution in [2.24, 2.45) is 0 Å². The second kappa shape index (κ2) is 6.24. The van der Waals surface area contributed by atoms with Gasteiger partial charge < -0.3 is 14.5 Å². The van der Waals surface area contributed by atoms with Crippen LogP contribution in [0.1, 0.15) is 18.1 Å². The van der Waals surface area contributed by atoms with Crippen molar-refractivity contribution in [3.8, 4) is 17.0 Å². The summed E-state index contributed by atoms with van der Waals surface area (Å²) in [6.07, 6.45) is 1.69. The zero-order valence-electron chi connectivity index (χ0n) is 13.9. The van der Waals surface area contributed by atoms with Crippen LogP contribution in [0.2, 0.25) is 0 Å². The molecule has 0 saturated heterocycles. The van der Waals surface area contributed by atoms with Crippen LogP contribution in [0.3, 0.4) is 0 Å². The largest absolute Gasteiger partial charge is 0.482 e. The van der Waals surface area contributed by atoms with Crippen molar-refractivity contribution in [1.29, 1.82) is 0 Å². The van der Waals surface area contributed by atoms with E-state index in [9.17, 15) is 9.18 Å². The second-order valence-electron chi connectivity index (χ2n) is 6.08. The van der Waals surface area contributed by atoms with E-state index in [0.29, 0.717) is 12.4 Å². The summed E-state index contributed by atoms with van der Waals surface area (Å²) in [5, 5.41) is 0.947. The van der Waals surface area contributed by atoms with Gasteiger partial charge in [-0.25, -0.2) is 9.18 Å². The normalized spacial score (nSPS) is 12.6. The standard InChI is InChI=1S/C20H18FNO3/c1-2-24-19(23)11-25-14-5-7-15-12(9-14)3-6-16-17-10-13(21)4-8-18(17)22-20(15)16/h4-5,7-10,22H,2-3,6,11H2,1H3. The third-order valence-corrected chi connectivity index (χ3v) is 4.52. The predicted molar refractivity (Wildman–Crippen MR) is 93.2 cm³/mol. The van der Waals surface area contributed by atoms with E-state index in [0.717, 1.165) is 46.1 Å². The molecule has 0 saturated carbocycles. The molecule has 0 unspecified atom stereocenters. The number of fused-ring (bicyclic) bond motifs is 5. The highest BCUT2D eigenvalue weighted by atomic mass is 19.1. The topological polar surface area (TPSA) is 51.3 Å². The summed E-state index contributed by atoms with van der Waals surface area (Å²) < 4.78 is 24.0. The summed E-state index contributed by atoms with van der Waals surface area (Å²) in [6, 6.07) is 10.6. The molecule has 5 heteroatoms. The molecule has 0 bridgehead atoms. The third kappa shape index (κ3) is 2.86. The lowest BCUT2D eigenvalue weighted by Crippen LogP contribution is -2.14. The van der Waals surface area contributed by atoms with Crippen molar-refractivity contribution >= 4 is 16.9 Å². The van der Waals surface area contributed by atoms with Crippen LogP contribution < -0.4 is 4.74 Å². The number of benzene rings is 2. The zero-order valence-corrected chi connectivity index (χ0v) is 13.9. The number of rotatable bonds is 4. The Balaban J connectivity index is 1.65. The Labute approximate surface area is 144 Å². The molecule has 25 heavy (non-hydrogen) atoms. The van der Waals surface area contributed by atoms with Crippen molar-refractivity contribution in [1.82, 2.24) is 4.98 Å². The Morgan fingerprint density at radius 2 is 2.08 bits per heavy atom. The van der Waals surface area contributed by atoms with Crippen molar-refractivity contribution < 1.29 is 18.7 Å². The van der Waals surface area contributed by atoms with Crippen molar-refractivity contribution in [2.75, 3.05) is 13.2 Å². The summed E-state index contributed by atoms with van der Waals surface area (Å²) in [7, 11) is 0. The lowest BCUT2D eigenvalue weighted by Gasteiger charge is -2.18. The van der Waals surface area contributed by atoms with Gasteiger partial charge >= 0.3 is 5.97 Å². The maximum atomic E-state index is 13.6. The lowest BCUT2D eigenvalue weighted by atomic mass is 9.89. The van der Waals surface area contributed by atoms with E-state index in [2.05, 4.69) is 4.98 Å². The van der Waals surface area contributed by atoms with E-state index in [-0.39, 0.29) is 18.4 Å². The number of carbonyl (C=O) groups is 1. The number of H-pyrrole nitrogens is 1. The Morgan fingerprint density at radius 1 is 1.20 bits per heavy atom. The molecule has 128 valence electrons. The number of hydrogen-bond donors (Lipinski definition) is 1. The van der Waals surface area contributed by atoms with Crippen LogP contribution in [0.5, 0.6) is 5.75 Å². The summed E-state index contributed by atoms with van der Waals surface area (Å²) >= 11 is 0. The van der Waals surface area contributed by atoms with Crippen LogP contribution >= 0.6 is 0 Å². The van der Waals surface area contributed by atoms with Crippen LogP contribution in [-0.4, -0.2) is 24.2 Å². The summed E-state index contributed by atoms with van der Waals surface area (Å²) in [5.74, 6) is 0.0559. The first-order chi connectivity index (χ1) is 12.2. The smallest absolute Gasteiger partial charge is 0.344 e. The minimum absolute atomic E-state index is 0.0937. The number of aromatic amines is 1. The van der Waals surface area contributed by atoms with Gasteiger partial charge in [-0.15, -0.1) is 0 Å². The molecule has 1 aliphatic rings. The molecule has 2 aromatic carbocycles. The van der Waals surface area contributed by atoms with Gasteiger partial charge in [0.05, 0.1) is 6.61 Å². The average molecular weight is 339 g/mol. The number of carbonyl (C=O) groups excluding carboxylic acids is 1. The van der Waals surface area contributed by atoms with E-state index in [1.807, 2.05) is 18.2 Å². The highest BCUT2D eigenvalue weighted by molar-refractivity contribution is 5.92. The van der Waals surface area contributed by atoms with E-state index < -0.39 is 0 Å². The van der Waals surface area contributed by atoms with Gasteiger partial charge in [-0.05, 0) is 67.3 Å². The molecule has 1 aliphatic carbocycles. The van der Waals surface area contributed by atoms with Crippen molar-refractivity contribution in [3.05, 3.63) is 53.3 Å². The minimum atomic E-state index is -0.375. The second-order valence-corrected chi connectivity index (χ2v) is 6.08. The number of hydrogen-bond acceptors (Lipinski definition) is 3. The molecular formula is C20H18FNO3. The molecule has 3 aromatic rings. The molecule has 0 amide bonds. The summed E-state index contributed by atoms with van der Waals surface area (Å²) in [4.78, 5) is 14.8. The van der Waals surface area contributed by atoms with Crippen LogP contribution in [0.25, 0.3) is 22.2 Å². The first-order valence-corrected chi connectivity index (χ1v) is 8.37. The monoisotopic (exact) mass is 339 g/mol. The predicted octanol–water partition coefficient (Wildman–Crippen LogP) is 4.01. The van der Waals surface area contributed by atoms with Crippen molar-refractivity contribution in [2.45, 2.75) is 19.8 Å². The molecular weight excluding hydrogens is 321 g/mol. The van der Waals surface area contributed by atoms with E-state index >= 15 is 0 Å². The highest BCUT2D eigenvalue weighted by Gasteiger charge is 2.21. The Morgan fingerprint density at radius 3 is 2.92 bits per heavy atom. The minimum Gasteiger partial charge on any atom is -0.482 e. The van der Waals surface area contributed by atoms with Gasteiger partial charge in [0.15, 0.2) is 6.61 Å². The van der Waals surface area contributed by atoms with Gasteiger partial charge in [-0.3, -0.25) is 0 Å². The first kappa shape index (κ1) is 15.7. The van der Waals surface area contributed by atoms with E-state index in [4.69, 9.17) is 9.47 Å². The van der Waals surface area contributed by atoms with Gasteiger partial charge in [0.1, 0.15) is 11.6 Å². The number of nitrogens with one attached hydrogen (secondary N) is 1. The maximum absolute atomic E-state index is 13.6. The van der Waals surface area contributed by atoms with E-state index in [1.165, 1.54) is 6.07 Å². The molecule has 0 atom stereocenters. The van der Waals surface area contributed by atoms with Gasteiger partial charge in [-0.2, -0.15) is 0 Å². The average Bonchev–Trinajstić information content (AvgIpc) is 2.98. The molecule has 4 rings (SSSR count). The van der Waals surface area contributed by atoms with Crippen LogP contribution in [0.4, 0.5) is 4.39 Å². The Bertz CT molecular complexity index is 961. The van der Waals surface area contributed by atoms with Crippen LogP contribution in [0, 0.1) is 5.82 Å². The number of aryl methyl sites for hydroxylation is 2. The molecule has 1 aromatic heterocycles. The van der Waals surface area contributed by atoms with Gasteiger partial charge in [0.25, 0.3) is 0 Å². The SMILES string of the molecule is CCOC(=O)COc1ccc2c(c1)CCc1c-2[nH]c2ccc(F)cc12. The fourth-order valence-electron chi connectivity index (χ4n) is 3.42. The molecule has 0 aliphatic heterocycles. The zero-order chi connectivity index (χ0) is 17.4. The summed E-state index contributed by atoms with van der Waals surface area (Å²) in [6.45, 7) is 2.01. The molecule has 1 N–H and O–H groups in total. The maximum Gasteiger partial charge on any atom is 0.344 e. The molecule has 4 nitrogen and oxygen atoms in total. The molecule has 1 heterocycles. The quantitative estimate of drug-likeness (QED) is 0.731. The molecule has 0 spiro atoms. The molecule has 0 fully saturated rings. The van der Waals surface area contributed by atoms with Gasteiger partial charge in [-0.1, -0.05) is 0 Å². The number of aromatic nitrogens is 1. The van der Waals surface area contributed by atoms with Crippen LogP contribution in [0.15, 0.2) is 36.4 Å². The van der Waals surface area contributed by atoms with Crippen LogP contribution in [-0.2, 0) is 22.4 Å².